The lowest BCUT2D eigenvalue weighted by Gasteiger charge is -2.33. The number of rotatable bonds is 7. The van der Waals surface area contributed by atoms with Gasteiger partial charge in [0, 0.05) is 23.4 Å². The molecule has 0 aromatic heterocycles. The highest BCUT2D eigenvalue weighted by molar-refractivity contribution is 6.15. The maximum absolute atomic E-state index is 12.9. The van der Waals surface area contributed by atoms with Gasteiger partial charge in [-0.3, -0.25) is 9.79 Å². The van der Waals surface area contributed by atoms with Gasteiger partial charge in [-0.1, -0.05) is 24.3 Å². The second kappa shape index (κ2) is 9.49. The van der Waals surface area contributed by atoms with Crippen molar-refractivity contribution in [2.75, 3.05) is 32.8 Å². The second-order valence-electron chi connectivity index (χ2n) is 8.10. The topological polar surface area (TPSA) is 62.1 Å². The molecule has 0 aliphatic carbocycles. The molecule has 5 nitrogen and oxygen atoms in total. The van der Waals surface area contributed by atoms with Crippen molar-refractivity contribution >= 4 is 11.5 Å². The number of hydrogen-bond acceptors (Lipinski definition) is 5. The summed E-state index contributed by atoms with van der Waals surface area (Å²) in [4.78, 5) is 18.9. The van der Waals surface area contributed by atoms with Crippen LogP contribution in [0.2, 0.25) is 0 Å². The summed E-state index contributed by atoms with van der Waals surface area (Å²) in [5, 5.41) is 10.3. The summed E-state index contributed by atoms with van der Waals surface area (Å²) in [5.74, 6) is 0.885. The van der Waals surface area contributed by atoms with E-state index in [-0.39, 0.29) is 24.8 Å². The van der Waals surface area contributed by atoms with Gasteiger partial charge in [0.25, 0.3) is 0 Å². The molecular formula is C24H27FN2O3. The van der Waals surface area contributed by atoms with Gasteiger partial charge in [-0.05, 0) is 62.5 Å². The number of halogens is 1. The second-order valence-corrected chi connectivity index (χ2v) is 8.10. The average Bonchev–Trinajstić information content (AvgIpc) is 2.77. The highest BCUT2D eigenvalue weighted by Crippen LogP contribution is 2.26. The monoisotopic (exact) mass is 410 g/mol. The Balaban J connectivity index is 1.22. The van der Waals surface area contributed by atoms with Crippen LogP contribution in [0.5, 0.6) is 5.75 Å². The van der Waals surface area contributed by atoms with E-state index >= 15 is 0 Å². The molecule has 6 heteroatoms. The predicted octanol–water partition coefficient (Wildman–Crippen LogP) is 3.35. The molecule has 2 aromatic carbocycles. The lowest BCUT2D eigenvalue weighted by atomic mass is 9.86. The first-order chi connectivity index (χ1) is 14.6. The number of aliphatic hydroxyl groups is 1. The fourth-order valence-corrected chi connectivity index (χ4v) is 4.21. The Morgan fingerprint density at radius 2 is 1.80 bits per heavy atom. The van der Waals surface area contributed by atoms with Crippen LogP contribution in [0, 0.1) is 11.7 Å². The Kier molecular flexibility index (Phi) is 6.55. The van der Waals surface area contributed by atoms with Gasteiger partial charge >= 0.3 is 0 Å². The number of aliphatic imine (C=N–C) groups is 1. The number of ketones is 1. The van der Waals surface area contributed by atoms with Crippen molar-refractivity contribution in [2.45, 2.75) is 25.4 Å². The van der Waals surface area contributed by atoms with E-state index in [1.54, 1.807) is 12.1 Å². The Morgan fingerprint density at radius 1 is 1.10 bits per heavy atom. The van der Waals surface area contributed by atoms with Gasteiger partial charge in [-0.25, -0.2) is 4.39 Å². The molecule has 30 heavy (non-hydrogen) atoms. The third-order valence-electron chi connectivity index (χ3n) is 5.87. The third kappa shape index (κ3) is 5.12. The normalized spacial score (nSPS) is 18.6. The molecule has 1 saturated heterocycles. The van der Waals surface area contributed by atoms with Gasteiger partial charge in [0.05, 0.1) is 0 Å². The molecule has 158 valence electrons. The van der Waals surface area contributed by atoms with E-state index < -0.39 is 6.10 Å². The largest absolute Gasteiger partial charge is 0.491 e. The number of Topliss-reactive ketones (excluding diaryl/α,β-unsaturated/α-hetero) is 1. The summed E-state index contributed by atoms with van der Waals surface area (Å²) in [6.07, 6.45) is 2.39. The molecule has 2 aliphatic heterocycles. The Bertz CT molecular complexity index is 905. The van der Waals surface area contributed by atoms with Gasteiger partial charge in [-0.15, -0.1) is 0 Å². The standard InChI is InChI=1S/C24H27FN2O3/c25-18-5-7-20(8-6-18)30-16-19(28)15-27-11-9-17(10-12-27)13-23-21-3-1-2-4-22(21)24(29)14-26-23/h1-8,17,19,28H,9-16H2. The van der Waals surface area contributed by atoms with E-state index in [0.29, 0.717) is 18.2 Å². The molecule has 0 bridgehead atoms. The van der Waals surface area contributed by atoms with E-state index in [9.17, 15) is 14.3 Å². The van der Waals surface area contributed by atoms with Crippen molar-refractivity contribution in [3.63, 3.8) is 0 Å². The first kappa shape index (κ1) is 20.7. The predicted molar refractivity (Wildman–Crippen MR) is 114 cm³/mol. The highest BCUT2D eigenvalue weighted by Gasteiger charge is 2.26. The number of carbonyl (C=O) groups excluding carboxylic acids is 1. The number of hydrogen-bond donors (Lipinski definition) is 1. The van der Waals surface area contributed by atoms with Crippen molar-refractivity contribution in [1.82, 2.24) is 4.90 Å². The van der Waals surface area contributed by atoms with Gasteiger partial charge in [0.2, 0.25) is 0 Å². The zero-order valence-electron chi connectivity index (χ0n) is 17.0. The Labute approximate surface area is 176 Å². The summed E-state index contributed by atoms with van der Waals surface area (Å²) in [7, 11) is 0. The van der Waals surface area contributed by atoms with E-state index in [1.165, 1.54) is 12.1 Å². The number of nitrogens with zero attached hydrogens (tertiary/aromatic N) is 2. The van der Waals surface area contributed by atoms with Crippen molar-refractivity contribution in [2.24, 2.45) is 10.9 Å². The van der Waals surface area contributed by atoms with Gasteiger partial charge < -0.3 is 14.7 Å². The smallest absolute Gasteiger partial charge is 0.184 e. The van der Waals surface area contributed by atoms with Crippen LogP contribution in [0.3, 0.4) is 0 Å². The van der Waals surface area contributed by atoms with Crippen molar-refractivity contribution in [1.29, 1.82) is 0 Å². The molecule has 1 N–H and O–H groups in total. The zero-order valence-corrected chi connectivity index (χ0v) is 17.0. The van der Waals surface area contributed by atoms with Gasteiger partial charge in [-0.2, -0.15) is 0 Å². The molecule has 2 heterocycles. The van der Waals surface area contributed by atoms with E-state index in [2.05, 4.69) is 9.89 Å². The van der Waals surface area contributed by atoms with E-state index in [4.69, 9.17) is 4.74 Å². The number of β-amino-alcohol motifs (C(OH)–C–C–N with tert-alkyl or cyclic N) is 1. The minimum Gasteiger partial charge on any atom is -0.491 e. The van der Waals surface area contributed by atoms with E-state index in [1.807, 2.05) is 24.3 Å². The summed E-state index contributed by atoms with van der Waals surface area (Å²) in [6.45, 7) is 2.85. The van der Waals surface area contributed by atoms with Crippen LogP contribution in [0.4, 0.5) is 4.39 Å². The van der Waals surface area contributed by atoms with Crippen molar-refractivity contribution in [3.05, 3.63) is 65.5 Å². The number of ether oxygens (including phenoxy) is 1. The highest BCUT2D eigenvalue weighted by atomic mass is 19.1. The van der Waals surface area contributed by atoms with Crippen LogP contribution in [-0.2, 0) is 0 Å². The first-order valence-corrected chi connectivity index (χ1v) is 10.5. The minimum absolute atomic E-state index is 0.0982. The Hall–Kier alpha value is -2.57. The van der Waals surface area contributed by atoms with Crippen LogP contribution in [0.15, 0.2) is 53.5 Å². The molecule has 0 radical (unpaired) electrons. The molecule has 2 aliphatic rings. The number of carbonyl (C=O) groups is 1. The van der Waals surface area contributed by atoms with Crippen molar-refractivity contribution < 1.29 is 19.0 Å². The van der Waals surface area contributed by atoms with Crippen LogP contribution >= 0.6 is 0 Å². The van der Waals surface area contributed by atoms with Gasteiger partial charge in [0.1, 0.15) is 30.8 Å². The average molecular weight is 410 g/mol. The molecule has 1 fully saturated rings. The molecule has 2 aromatic rings. The third-order valence-corrected chi connectivity index (χ3v) is 5.87. The fraction of sp³-hybridized carbons (Fsp3) is 0.417. The van der Waals surface area contributed by atoms with Gasteiger partial charge in [0.15, 0.2) is 5.78 Å². The fourth-order valence-electron chi connectivity index (χ4n) is 4.21. The van der Waals surface area contributed by atoms with Crippen LogP contribution in [0.1, 0.15) is 35.2 Å². The first-order valence-electron chi connectivity index (χ1n) is 10.5. The quantitative estimate of drug-likeness (QED) is 0.760. The molecule has 4 rings (SSSR count). The molecular weight excluding hydrogens is 383 g/mol. The number of piperidine rings is 1. The van der Waals surface area contributed by atoms with Crippen LogP contribution < -0.4 is 4.74 Å². The van der Waals surface area contributed by atoms with E-state index in [0.717, 1.165) is 49.2 Å². The molecule has 1 unspecified atom stereocenters. The summed E-state index contributed by atoms with van der Waals surface area (Å²) >= 11 is 0. The van der Waals surface area contributed by atoms with Crippen LogP contribution in [-0.4, -0.2) is 60.4 Å². The number of likely N-dealkylation sites (tertiary alicyclic amines) is 1. The van der Waals surface area contributed by atoms with Crippen molar-refractivity contribution in [3.8, 4) is 5.75 Å². The number of benzene rings is 2. The lowest BCUT2D eigenvalue weighted by Crippen LogP contribution is -2.41. The Morgan fingerprint density at radius 3 is 2.53 bits per heavy atom. The molecule has 0 spiro atoms. The summed E-state index contributed by atoms with van der Waals surface area (Å²) in [5.41, 5.74) is 2.84. The number of fused-ring (bicyclic) bond motifs is 1. The number of aliphatic hydroxyl groups excluding tert-OH is 1. The molecule has 1 atom stereocenters. The minimum atomic E-state index is -0.591. The lowest BCUT2D eigenvalue weighted by molar-refractivity contribution is 0.0555. The molecule has 0 amide bonds. The maximum atomic E-state index is 12.9. The van der Waals surface area contributed by atoms with Crippen LogP contribution in [0.25, 0.3) is 0 Å². The summed E-state index contributed by atoms with van der Waals surface area (Å²) in [6, 6.07) is 13.6. The SMILES string of the molecule is O=C1CN=C(CC2CCN(CC(O)COc3ccc(F)cc3)CC2)c2ccccc21. The zero-order chi connectivity index (χ0) is 20.9. The maximum Gasteiger partial charge on any atom is 0.184 e. The molecule has 0 saturated carbocycles. The summed E-state index contributed by atoms with van der Waals surface area (Å²) < 4.78 is 18.5.